The van der Waals surface area contributed by atoms with Gasteiger partial charge in [-0.15, -0.1) is 0 Å². The molecule has 0 unspecified atom stereocenters. The molecule has 0 bridgehead atoms. The minimum atomic E-state index is -4.90. The Morgan fingerprint density at radius 3 is 2.29 bits per heavy atom. The van der Waals surface area contributed by atoms with E-state index in [0.29, 0.717) is 22.2 Å². The molecule has 2 heterocycles. The van der Waals surface area contributed by atoms with E-state index in [4.69, 9.17) is 16.0 Å². The molecule has 34 heavy (non-hydrogen) atoms. The summed E-state index contributed by atoms with van der Waals surface area (Å²) in [6.07, 6.45) is -4.90. The summed E-state index contributed by atoms with van der Waals surface area (Å²) in [5.74, 6) is -1.74. The molecule has 0 saturated carbocycles. The van der Waals surface area contributed by atoms with E-state index in [1.54, 1.807) is 35.2 Å². The molecular formula is C23H18BrClF3N3O3. The predicted octanol–water partition coefficient (Wildman–Crippen LogP) is 5.83. The number of halogens is 5. The molecule has 2 amide bonds. The van der Waals surface area contributed by atoms with Crippen LogP contribution in [0.3, 0.4) is 0 Å². The fourth-order valence-electron chi connectivity index (χ4n) is 3.63. The average Bonchev–Trinajstić information content (AvgIpc) is 3.29. The highest BCUT2D eigenvalue weighted by Crippen LogP contribution is 2.32. The van der Waals surface area contributed by atoms with E-state index in [0.717, 1.165) is 14.9 Å². The van der Waals surface area contributed by atoms with Gasteiger partial charge < -0.3 is 19.5 Å². The van der Waals surface area contributed by atoms with Crippen molar-refractivity contribution in [3.8, 4) is 11.3 Å². The fourth-order valence-corrected chi connectivity index (χ4v) is 4.06. The number of hydrogen-bond donors (Lipinski definition) is 1. The zero-order chi connectivity index (χ0) is 24.5. The lowest BCUT2D eigenvalue weighted by atomic mass is 10.2. The van der Waals surface area contributed by atoms with Gasteiger partial charge >= 0.3 is 12.1 Å². The third-order valence-corrected chi connectivity index (χ3v) is 6.08. The standard InChI is InChI=1S/C23H18BrClF3N3O3/c24-15-3-1-14(2-4-15)19-7-8-20(34-19)21(32)29-17-13-16(25)5-6-18(17)30-9-11-31(12-10-30)22(33)23(26,27)28/h1-8,13H,9-12H2,(H,29,32). The topological polar surface area (TPSA) is 65.8 Å². The van der Waals surface area contributed by atoms with E-state index in [2.05, 4.69) is 21.2 Å². The molecule has 11 heteroatoms. The number of carbonyl (C=O) groups is 2. The molecule has 4 rings (SSSR count). The Balaban J connectivity index is 1.48. The number of benzene rings is 2. The van der Waals surface area contributed by atoms with Crippen molar-refractivity contribution in [3.05, 3.63) is 69.9 Å². The molecule has 1 aliphatic heterocycles. The van der Waals surface area contributed by atoms with Gasteiger partial charge in [0.2, 0.25) is 0 Å². The van der Waals surface area contributed by atoms with Gasteiger partial charge in [0, 0.05) is 41.2 Å². The van der Waals surface area contributed by atoms with Crippen LogP contribution in [0.15, 0.2) is 63.5 Å². The van der Waals surface area contributed by atoms with Crippen LogP contribution in [-0.2, 0) is 4.79 Å². The minimum absolute atomic E-state index is 0.0874. The Morgan fingerprint density at radius 1 is 0.971 bits per heavy atom. The molecule has 2 aromatic carbocycles. The Labute approximate surface area is 206 Å². The van der Waals surface area contributed by atoms with E-state index >= 15 is 0 Å². The molecule has 1 N–H and O–H groups in total. The number of amides is 2. The first-order valence-electron chi connectivity index (χ1n) is 10.2. The summed E-state index contributed by atoms with van der Waals surface area (Å²) >= 11 is 9.49. The van der Waals surface area contributed by atoms with Crippen LogP contribution >= 0.6 is 27.5 Å². The van der Waals surface area contributed by atoms with Crippen LogP contribution in [0, 0.1) is 0 Å². The van der Waals surface area contributed by atoms with E-state index in [-0.39, 0.29) is 31.9 Å². The first-order valence-corrected chi connectivity index (χ1v) is 11.4. The highest BCUT2D eigenvalue weighted by atomic mass is 79.9. The Bertz CT molecular complexity index is 1210. The number of hydrogen-bond acceptors (Lipinski definition) is 4. The maximum atomic E-state index is 12.9. The smallest absolute Gasteiger partial charge is 0.451 e. The first kappa shape index (κ1) is 24.2. The molecule has 0 radical (unpaired) electrons. The second-order valence-electron chi connectivity index (χ2n) is 7.56. The van der Waals surface area contributed by atoms with Gasteiger partial charge in [0.1, 0.15) is 5.76 Å². The quantitative estimate of drug-likeness (QED) is 0.440. The SMILES string of the molecule is O=C(Nc1cc(Cl)ccc1N1CCN(C(=O)C(F)(F)F)CC1)c1ccc(-c2ccc(Br)cc2)o1. The van der Waals surface area contributed by atoms with Crippen LogP contribution in [0.25, 0.3) is 11.3 Å². The number of alkyl halides is 3. The lowest BCUT2D eigenvalue weighted by molar-refractivity contribution is -0.185. The molecular weight excluding hydrogens is 539 g/mol. The Morgan fingerprint density at radius 2 is 1.65 bits per heavy atom. The summed E-state index contributed by atoms with van der Waals surface area (Å²) in [7, 11) is 0. The van der Waals surface area contributed by atoms with Gasteiger partial charge in [-0.25, -0.2) is 0 Å². The van der Waals surface area contributed by atoms with Crippen LogP contribution in [0.5, 0.6) is 0 Å². The highest BCUT2D eigenvalue weighted by molar-refractivity contribution is 9.10. The van der Waals surface area contributed by atoms with Gasteiger partial charge in [0.05, 0.1) is 11.4 Å². The Hall–Kier alpha value is -2.98. The van der Waals surface area contributed by atoms with Crippen molar-refractivity contribution >= 4 is 50.7 Å². The number of carbonyl (C=O) groups excluding carboxylic acids is 2. The third kappa shape index (κ3) is 5.39. The normalized spacial score (nSPS) is 14.3. The van der Waals surface area contributed by atoms with Gasteiger partial charge in [-0.2, -0.15) is 13.2 Å². The lowest BCUT2D eigenvalue weighted by Gasteiger charge is -2.37. The summed E-state index contributed by atoms with van der Waals surface area (Å²) in [6, 6.07) is 15.5. The summed E-state index contributed by atoms with van der Waals surface area (Å²) in [5.41, 5.74) is 1.77. The molecule has 0 atom stereocenters. The van der Waals surface area contributed by atoms with Crippen molar-refractivity contribution in [2.45, 2.75) is 6.18 Å². The average molecular weight is 557 g/mol. The van der Waals surface area contributed by atoms with Crippen LogP contribution in [-0.4, -0.2) is 49.1 Å². The zero-order valence-corrected chi connectivity index (χ0v) is 19.9. The van der Waals surface area contributed by atoms with E-state index < -0.39 is 18.0 Å². The van der Waals surface area contributed by atoms with Crippen molar-refractivity contribution in [1.29, 1.82) is 0 Å². The minimum Gasteiger partial charge on any atom is -0.451 e. The largest absolute Gasteiger partial charge is 0.471 e. The van der Waals surface area contributed by atoms with E-state index in [9.17, 15) is 22.8 Å². The molecule has 1 aromatic heterocycles. The van der Waals surface area contributed by atoms with Crippen molar-refractivity contribution in [2.75, 3.05) is 36.4 Å². The number of piperazine rings is 1. The molecule has 1 saturated heterocycles. The Kier molecular flexibility index (Phi) is 6.90. The summed E-state index contributed by atoms with van der Waals surface area (Å²) in [5, 5.41) is 3.15. The second-order valence-corrected chi connectivity index (χ2v) is 8.92. The molecule has 1 aliphatic rings. The maximum Gasteiger partial charge on any atom is 0.471 e. The van der Waals surface area contributed by atoms with Gasteiger partial charge in [-0.3, -0.25) is 9.59 Å². The summed E-state index contributed by atoms with van der Waals surface area (Å²) in [4.78, 5) is 26.9. The molecule has 1 fully saturated rings. The van der Waals surface area contributed by atoms with Gasteiger partial charge in [0.15, 0.2) is 5.76 Å². The third-order valence-electron chi connectivity index (χ3n) is 5.32. The van der Waals surface area contributed by atoms with Crippen LogP contribution < -0.4 is 10.2 Å². The second kappa shape index (κ2) is 9.71. The van der Waals surface area contributed by atoms with E-state index in [1.165, 1.54) is 0 Å². The van der Waals surface area contributed by atoms with Crippen LogP contribution in [0.1, 0.15) is 10.6 Å². The van der Waals surface area contributed by atoms with Crippen molar-refractivity contribution in [2.24, 2.45) is 0 Å². The van der Waals surface area contributed by atoms with Crippen molar-refractivity contribution < 1.29 is 27.2 Å². The van der Waals surface area contributed by atoms with Gasteiger partial charge in [-0.05, 0) is 42.5 Å². The molecule has 178 valence electrons. The number of furan rings is 1. The zero-order valence-electron chi connectivity index (χ0n) is 17.5. The van der Waals surface area contributed by atoms with Gasteiger partial charge in [0.25, 0.3) is 5.91 Å². The molecule has 0 spiro atoms. The lowest BCUT2D eigenvalue weighted by Crippen LogP contribution is -2.52. The molecule has 3 aromatic rings. The number of rotatable bonds is 4. The van der Waals surface area contributed by atoms with Crippen molar-refractivity contribution in [3.63, 3.8) is 0 Å². The highest BCUT2D eigenvalue weighted by Gasteiger charge is 2.43. The maximum absolute atomic E-state index is 12.9. The number of nitrogens with zero attached hydrogens (tertiary/aromatic N) is 2. The monoisotopic (exact) mass is 555 g/mol. The molecule has 6 nitrogen and oxygen atoms in total. The predicted molar refractivity (Wildman–Crippen MR) is 126 cm³/mol. The summed E-state index contributed by atoms with van der Waals surface area (Å²) < 4.78 is 44.8. The van der Waals surface area contributed by atoms with Crippen LogP contribution in [0.2, 0.25) is 5.02 Å². The van der Waals surface area contributed by atoms with Gasteiger partial charge in [-0.1, -0.05) is 39.7 Å². The summed E-state index contributed by atoms with van der Waals surface area (Å²) in [6.45, 7) is 0.147. The number of anilines is 2. The first-order chi connectivity index (χ1) is 16.1. The van der Waals surface area contributed by atoms with Crippen molar-refractivity contribution in [1.82, 2.24) is 4.90 Å². The fraction of sp³-hybridized carbons (Fsp3) is 0.217. The van der Waals surface area contributed by atoms with Crippen LogP contribution in [0.4, 0.5) is 24.5 Å². The number of nitrogens with one attached hydrogen (secondary N) is 1. The molecule has 0 aliphatic carbocycles. The van der Waals surface area contributed by atoms with E-state index in [1.807, 2.05) is 24.3 Å².